The summed E-state index contributed by atoms with van der Waals surface area (Å²) in [7, 11) is 0. The van der Waals surface area contributed by atoms with Gasteiger partial charge in [-0.25, -0.2) is 0 Å². The Morgan fingerprint density at radius 1 is 1.09 bits per heavy atom. The van der Waals surface area contributed by atoms with Crippen LogP contribution in [0.3, 0.4) is 0 Å². The van der Waals surface area contributed by atoms with E-state index in [2.05, 4.69) is 0 Å². The van der Waals surface area contributed by atoms with Crippen molar-refractivity contribution in [1.29, 1.82) is 0 Å². The highest BCUT2D eigenvalue weighted by atomic mass is 16.3. The molecule has 0 spiro atoms. The molecule has 3 atom stereocenters. The van der Waals surface area contributed by atoms with E-state index < -0.39 is 0 Å². The molecule has 2 saturated carbocycles. The van der Waals surface area contributed by atoms with E-state index in [-0.39, 0.29) is 11.8 Å². The van der Waals surface area contributed by atoms with E-state index in [1.165, 1.54) is 38.2 Å². The van der Waals surface area contributed by atoms with Crippen LogP contribution >= 0.6 is 0 Å². The highest BCUT2D eigenvalue weighted by Gasteiger charge is 2.40. The summed E-state index contributed by atoms with van der Waals surface area (Å²) in [6.45, 7) is 2.55. The molecule has 3 fully saturated rings. The van der Waals surface area contributed by atoms with Gasteiger partial charge in [-0.3, -0.25) is 9.59 Å². The lowest BCUT2D eigenvalue weighted by Gasteiger charge is -2.35. The third-order valence-corrected chi connectivity index (χ3v) is 6.01. The van der Waals surface area contributed by atoms with E-state index in [4.69, 9.17) is 4.42 Å². The molecule has 4 rings (SSSR count). The highest BCUT2D eigenvalue weighted by molar-refractivity contribution is 5.94. The van der Waals surface area contributed by atoms with E-state index >= 15 is 0 Å². The lowest BCUT2D eigenvalue weighted by Crippen LogP contribution is -2.50. The van der Waals surface area contributed by atoms with Gasteiger partial charge in [0.2, 0.25) is 5.91 Å². The molecule has 0 aromatic carbocycles. The van der Waals surface area contributed by atoms with Gasteiger partial charge in [-0.1, -0.05) is 6.42 Å². The zero-order valence-corrected chi connectivity index (χ0v) is 13.4. The van der Waals surface area contributed by atoms with Crippen LogP contribution in [0.25, 0.3) is 0 Å². The van der Waals surface area contributed by atoms with Gasteiger partial charge in [-0.05, 0) is 43.1 Å². The van der Waals surface area contributed by atoms with Crippen LogP contribution in [0.5, 0.6) is 0 Å². The van der Waals surface area contributed by atoms with Crippen LogP contribution in [0.4, 0.5) is 0 Å². The smallest absolute Gasteiger partial charge is 0.257 e. The Kier molecular flexibility index (Phi) is 3.87. The van der Waals surface area contributed by atoms with Crippen molar-refractivity contribution in [2.45, 2.75) is 32.1 Å². The monoisotopic (exact) mass is 316 g/mol. The number of amides is 2. The van der Waals surface area contributed by atoms with Crippen molar-refractivity contribution >= 4 is 11.8 Å². The summed E-state index contributed by atoms with van der Waals surface area (Å²) < 4.78 is 4.97. The van der Waals surface area contributed by atoms with Gasteiger partial charge in [0.1, 0.15) is 6.26 Å². The molecule has 1 aromatic heterocycles. The lowest BCUT2D eigenvalue weighted by atomic mass is 9.86. The second-order valence-electron chi connectivity index (χ2n) is 7.32. The van der Waals surface area contributed by atoms with Crippen LogP contribution in [-0.4, -0.2) is 47.8 Å². The SMILES string of the molecule is O=C(CC1CC2CCC1C2)N1CCN(C(=O)c2ccoc2)CC1. The molecule has 1 saturated heterocycles. The molecular weight excluding hydrogens is 292 g/mol. The molecule has 3 unspecified atom stereocenters. The zero-order chi connectivity index (χ0) is 15.8. The maximum atomic E-state index is 12.5. The van der Waals surface area contributed by atoms with E-state index in [1.54, 1.807) is 6.07 Å². The van der Waals surface area contributed by atoms with Crippen molar-refractivity contribution < 1.29 is 14.0 Å². The van der Waals surface area contributed by atoms with Crippen molar-refractivity contribution in [1.82, 2.24) is 9.80 Å². The molecule has 0 N–H and O–H groups in total. The predicted octanol–water partition coefficient (Wildman–Crippen LogP) is 2.39. The summed E-state index contributed by atoms with van der Waals surface area (Å²) in [5.41, 5.74) is 0.590. The number of nitrogens with zero attached hydrogens (tertiary/aromatic N) is 2. The number of hydrogen-bond acceptors (Lipinski definition) is 3. The Morgan fingerprint density at radius 3 is 2.48 bits per heavy atom. The average molecular weight is 316 g/mol. The van der Waals surface area contributed by atoms with Gasteiger partial charge in [0.15, 0.2) is 0 Å². The fraction of sp³-hybridized carbons (Fsp3) is 0.667. The van der Waals surface area contributed by atoms with Gasteiger partial charge in [0, 0.05) is 32.6 Å². The fourth-order valence-corrected chi connectivity index (χ4v) is 4.71. The largest absolute Gasteiger partial charge is 0.472 e. The van der Waals surface area contributed by atoms with Gasteiger partial charge in [-0.15, -0.1) is 0 Å². The third kappa shape index (κ3) is 2.89. The molecule has 5 heteroatoms. The van der Waals surface area contributed by atoms with Crippen LogP contribution in [0.2, 0.25) is 0 Å². The summed E-state index contributed by atoms with van der Waals surface area (Å²) >= 11 is 0. The fourth-order valence-electron chi connectivity index (χ4n) is 4.71. The Labute approximate surface area is 136 Å². The van der Waals surface area contributed by atoms with E-state index in [1.807, 2.05) is 9.80 Å². The first-order valence-electron chi connectivity index (χ1n) is 8.80. The van der Waals surface area contributed by atoms with E-state index in [0.717, 1.165) is 18.3 Å². The number of fused-ring (bicyclic) bond motifs is 2. The van der Waals surface area contributed by atoms with Crippen molar-refractivity contribution in [2.75, 3.05) is 26.2 Å². The van der Waals surface area contributed by atoms with Crippen LogP contribution in [-0.2, 0) is 4.79 Å². The standard InChI is InChI=1S/C18H24N2O3/c21-17(11-16-10-13-1-2-14(16)9-13)19-4-6-20(7-5-19)18(22)15-3-8-23-12-15/h3,8,12-14,16H,1-2,4-7,9-11H2. The van der Waals surface area contributed by atoms with Gasteiger partial charge in [-0.2, -0.15) is 0 Å². The minimum Gasteiger partial charge on any atom is -0.472 e. The molecule has 2 bridgehead atoms. The number of piperazine rings is 1. The highest BCUT2D eigenvalue weighted by Crippen LogP contribution is 2.49. The van der Waals surface area contributed by atoms with Gasteiger partial charge >= 0.3 is 0 Å². The van der Waals surface area contributed by atoms with Crippen molar-refractivity contribution in [2.24, 2.45) is 17.8 Å². The number of rotatable bonds is 3. The quantitative estimate of drug-likeness (QED) is 0.860. The second-order valence-corrected chi connectivity index (χ2v) is 7.32. The summed E-state index contributed by atoms with van der Waals surface area (Å²) in [6, 6.07) is 1.69. The number of carbonyl (C=O) groups is 2. The summed E-state index contributed by atoms with van der Waals surface area (Å²) in [4.78, 5) is 28.6. The molecule has 2 aliphatic carbocycles. The number of carbonyl (C=O) groups excluding carboxylic acids is 2. The van der Waals surface area contributed by atoms with Crippen LogP contribution in [0.1, 0.15) is 42.5 Å². The van der Waals surface area contributed by atoms with Crippen molar-refractivity contribution in [3.63, 3.8) is 0 Å². The first-order chi connectivity index (χ1) is 11.2. The summed E-state index contributed by atoms with van der Waals surface area (Å²) in [6.07, 6.45) is 9.04. The normalized spacial score (nSPS) is 30.0. The number of furan rings is 1. The Bertz CT molecular complexity index is 575. The Hall–Kier alpha value is -1.78. The molecular formula is C18H24N2O3. The van der Waals surface area contributed by atoms with Gasteiger partial charge in [0.05, 0.1) is 11.8 Å². The first-order valence-corrected chi connectivity index (χ1v) is 8.80. The maximum Gasteiger partial charge on any atom is 0.257 e. The molecule has 1 aromatic rings. The maximum absolute atomic E-state index is 12.5. The van der Waals surface area contributed by atoms with E-state index in [9.17, 15) is 9.59 Å². The molecule has 3 aliphatic rings. The van der Waals surface area contributed by atoms with Crippen LogP contribution in [0, 0.1) is 17.8 Å². The average Bonchev–Trinajstić information content (AvgIpc) is 3.32. The third-order valence-electron chi connectivity index (χ3n) is 6.01. The van der Waals surface area contributed by atoms with E-state index in [0.29, 0.717) is 37.7 Å². The predicted molar refractivity (Wildman–Crippen MR) is 84.7 cm³/mol. The molecule has 1 aliphatic heterocycles. The Morgan fingerprint density at radius 2 is 1.87 bits per heavy atom. The first kappa shape index (κ1) is 14.8. The second kappa shape index (κ2) is 6.02. The molecule has 0 radical (unpaired) electrons. The van der Waals surface area contributed by atoms with Crippen LogP contribution in [0.15, 0.2) is 23.0 Å². The minimum absolute atomic E-state index is 0.000971. The number of hydrogen-bond donors (Lipinski definition) is 0. The Balaban J connectivity index is 1.28. The van der Waals surface area contributed by atoms with Crippen LogP contribution < -0.4 is 0 Å². The lowest BCUT2D eigenvalue weighted by molar-refractivity contribution is -0.134. The van der Waals surface area contributed by atoms with Gasteiger partial charge in [0.25, 0.3) is 5.91 Å². The topological polar surface area (TPSA) is 53.8 Å². The minimum atomic E-state index is -0.000971. The van der Waals surface area contributed by atoms with Crippen molar-refractivity contribution in [3.05, 3.63) is 24.2 Å². The van der Waals surface area contributed by atoms with Crippen molar-refractivity contribution in [3.8, 4) is 0 Å². The summed E-state index contributed by atoms with van der Waals surface area (Å²) in [5, 5.41) is 0. The molecule has 2 heterocycles. The molecule has 2 amide bonds. The molecule has 124 valence electrons. The summed E-state index contributed by atoms with van der Waals surface area (Å²) in [5.74, 6) is 2.60. The zero-order valence-electron chi connectivity index (χ0n) is 13.4. The molecule has 5 nitrogen and oxygen atoms in total. The molecule has 23 heavy (non-hydrogen) atoms. The van der Waals surface area contributed by atoms with Gasteiger partial charge < -0.3 is 14.2 Å².